The van der Waals surface area contributed by atoms with Crippen LogP contribution in [0.15, 0.2) is 83.5 Å². The van der Waals surface area contributed by atoms with Crippen molar-refractivity contribution in [2.75, 3.05) is 17.3 Å². The van der Waals surface area contributed by atoms with E-state index in [0.717, 1.165) is 10.5 Å². The Morgan fingerprint density at radius 2 is 1.61 bits per heavy atom. The second-order valence-corrected chi connectivity index (χ2v) is 7.62. The summed E-state index contributed by atoms with van der Waals surface area (Å²) in [5.41, 5.74) is 2.06. The fourth-order valence-corrected chi connectivity index (χ4v) is 3.49. The molecule has 33 heavy (non-hydrogen) atoms. The summed E-state index contributed by atoms with van der Waals surface area (Å²) in [7, 11) is 1.49. The zero-order valence-electron chi connectivity index (χ0n) is 17.8. The lowest BCUT2D eigenvalue weighted by molar-refractivity contribution is -0.120. The number of rotatable bonds is 6. The maximum atomic E-state index is 12.9. The molecule has 7 nitrogen and oxygen atoms in total. The van der Waals surface area contributed by atoms with Gasteiger partial charge in [0.15, 0.2) is 0 Å². The van der Waals surface area contributed by atoms with Crippen LogP contribution in [0.25, 0.3) is 0 Å². The number of halogens is 1. The van der Waals surface area contributed by atoms with E-state index in [4.69, 9.17) is 21.1 Å². The molecule has 3 aromatic rings. The number of ether oxygens (including phenoxy) is 2. The van der Waals surface area contributed by atoms with Crippen molar-refractivity contribution in [3.05, 3.63) is 94.7 Å². The highest BCUT2D eigenvalue weighted by Gasteiger charge is 2.39. The van der Waals surface area contributed by atoms with E-state index in [1.807, 2.05) is 13.0 Å². The van der Waals surface area contributed by atoms with Crippen molar-refractivity contribution in [3.8, 4) is 11.5 Å². The van der Waals surface area contributed by atoms with Crippen LogP contribution >= 0.6 is 11.6 Å². The van der Waals surface area contributed by atoms with E-state index in [9.17, 15) is 14.4 Å². The van der Waals surface area contributed by atoms with E-state index in [-0.39, 0.29) is 10.7 Å². The molecule has 1 aliphatic heterocycles. The van der Waals surface area contributed by atoms with Gasteiger partial charge in [-0.15, -0.1) is 0 Å². The average Bonchev–Trinajstić information content (AvgIpc) is 3.02. The summed E-state index contributed by atoms with van der Waals surface area (Å²) in [4.78, 5) is 38.9. The van der Waals surface area contributed by atoms with Crippen molar-refractivity contribution in [2.45, 2.75) is 6.92 Å². The van der Waals surface area contributed by atoms with Gasteiger partial charge in [-0.25, -0.2) is 9.69 Å². The van der Waals surface area contributed by atoms with Gasteiger partial charge >= 0.3 is 5.97 Å². The van der Waals surface area contributed by atoms with Gasteiger partial charge in [0.2, 0.25) is 0 Å². The van der Waals surface area contributed by atoms with Crippen molar-refractivity contribution < 1.29 is 23.9 Å². The average molecular weight is 463 g/mol. The van der Waals surface area contributed by atoms with E-state index in [0.29, 0.717) is 28.4 Å². The molecule has 0 atom stereocenters. The van der Waals surface area contributed by atoms with Gasteiger partial charge in [-0.3, -0.25) is 9.59 Å². The number of anilines is 2. The Bertz CT molecular complexity index is 1280. The van der Waals surface area contributed by atoms with Crippen LogP contribution in [0.4, 0.5) is 11.4 Å². The third-order valence-corrected chi connectivity index (χ3v) is 5.28. The van der Waals surface area contributed by atoms with Crippen molar-refractivity contribution in [1.82, 2.24) is 0 Å². The lowest BCUT2D eigenvalue weighted by Gasteiger charge is -2.16. The molecule has 1 heterocycles. The molecule has 2 amide bonds. The van der Waals surface area contributed by atoms with E-state index in [1.54, 1.807) is 66.7 Å². The van der Waals surface area contributed by atoms with Gasteiger partial charge in [0.1, 0.15) is 22.2 Å². The Morgan fingerprint density at radius 3 is 2.30 bits per heavy atom. The van der Waals surface area contributed by atoms with Crippen LogP contribution in [-0.2, 0) is 9.59 Å². The zero-order valence-corrected chi connectivity index (χ0v) is 18.6. The normalized spacial score (nSPS) is 13.4. The monoisotopic (exact) mass is 462 g/mol. The van der Waals surface area contributed by atoms with Gasteiger partial charge in [0.25, 0.3) is 11.8 Å². The highest BCUT2D eigenvalue weighted by Crippen LogP contribution is 2.31. The molecule has 0 radical (unpaired) electrons. The molecule has 0 unspecified atom stereocenters. The molecule has 0 aliphatic carbocycles. The minimum Gasteiger partial charge on any atom is -0.497 e. The van der Waals surface area contributed by atoms with E-state index < -0.39 is 17.8 Å². The minimum atomic E-state index is -0.643. The number of nitrogens with one attached hydrogen (secondary N) is 1. The molecular formula is C25H19ClN2O5. The fraction of sp³-hybridized carbons (Fsp3) is 0.0800. The number of carbonyl (C=O) groups is 3. The highest BCUT2D eigenvalue weighted by atomic mass is 35.5. The van der Waals surface area contributed by atoms with Crippen LogP contribution < -0.4 is 19.7 Å². The quantitative estimate of drug-likeness (QED) is 0.326. The van der Waals surface area contributed by atoms with Gasteiger partial charge in [0, 0.05) is 11.8 Å². The Kier molecular flexibility index (Phi) is 6.15. The zero-order chi connectivity index (χ0) is 23.5. The topological polar surface area (TPSA) is 84.9 Å². The molecule has 3 aromatic carbocycles. The molecule has 166 valence electrons. The Hall–Kier alpha value is -4.10. The lowest BCUT2D eigenvalue weighted by Crippen LogP contribution is -2.32. The summed E-state index contributed by atoms with van der Waals surface area (Å²) in [5.74, 6) is -0.803. The van der Waals surface area contributed by atoms with Crippen molar-refractivity contribution in [3.63, 3.8) is 0 Å². The third kappa shape index (κ3) is 4.58. The number of benzene rings is 3. The molecular weight excluding hydrogens is 444 g/mol. The first-order chi connectivity index (χ1) is 15.9. The number of nitrogens with zero attached hydrogens (tertiary/aromatic N) is 1. The van der Waals surface area contributed by atoms with E-state index in [2.05, 4.69) is 5.32 Å². The van der Waals surface area contributed by atoms with Crippen molar-refractivity contribution in [1.29, 1.82) is 0 Å². The molecule has 4 rings (SSSR count). The molecule has 0 aromatic heterocycles. The number of amides is 2. The van der Waals surface area contributed by atoms with Crippen LogP contribution in [0.3, 0.4) is 0 Å². The largest absolute Gasteiger partial charge is 0.497 e. The van der Waals surface area contributed by atoms with Crippen LogP contribution in [0, 0.1) is 6.92 Å². The van der Waals surface area contributed by atoms with Crippen molar-refractivity contribution >= 4 is 40.8 Å². The van der Waals surface area contributed by atoms with E-state index >= 15 is 0 Å². The number of hydrogen-bond donors (Lipinski definition) is 1. The first-order valence-corrected chi connectivity index (χ1v) is 10.3. The van der Waals surface area contributed by atoms with Gasteiger partial charge in [-0.2, -0.15) is 0 Å². The summed E-state index contributed by atoms with van der Waals surface area (Å²) < 4.78 is 10.5. The molecule has 0 spiro atoms. The summed E-state index contributed by atoms with van der Waals surface area (Å²) in [6.45, 7) is 1.90. The molecule has 8 heteroatoms. The lowest BCUT2D eigenvalue weighted by atomic mass is 10.2. The third-order valence-electron chi connectivity index (χ3n) is 4.93. The van der Waals surface area contributed by atoms with Gasteiger partial charge in [0.05, 0.1) is 18.4 Å². The molecule has 0 fully saturated rings. The highest BCUT2D eigenvalue weighted by molar-refractivity contribution is 6.53. The van der Waals surface area contributed by atoms with Gasteiger partial charge in [-0.05, 0) is 61.0 Å². The summed E-state index contributed by atoms with van der Waals surface area (Å²) >= 11 is 6.18. The molecule has 1 N–H and O–H groups in total. The number of imide groups is 1. The standard InChI is InChI=1S/C25H19ClN2O5/c1-15-5-3-8-20(13-15)33-25(31)16-9-11-17(12-10-16)27-22-21(26)23(29)28(24(22)30)18-6-4-7-19(14-18)32-2/h3-14,27H,1-2H3. The van der Waals surface area contributed by atoms with Gasteiger partial charge in [-0.1, -0.05) is 29.8 Å². The smallest absolute Gasteiger partial charge is 0.343 e. The SMILES string of the molecule is COc1cccc(N2C(=O)C(Cl)=C(Nc3ccc(C(=O)Oc4cccc(C)c4)cc3)C2=O)c1. The van der Waals surface area contributed by atoms with Crippen molar-refractivity contribution in [2.24, 2.45) is 0 Å². The second kappa shape index (κ2) is 9.18. The van der Waals surface area contributed by atoms with Crippen LogP contribution in [-0.4, -0.2) is 24.9 Å². The fourth-order valence-electron chi connectivity index (χ4n) is 3.27. The van der Waals surface area contributed by atoms with Gasteiger partial charge < -0.3 is 14.8 Å². The maximum absolute atomic E-state index is 12.9. The second-order valence-electron chi connectivity index (χ2n) is 7.24. The number of carbonyl (C=O) groups excluding carboxylic acids is 3. The minimum absolute atomic E-state index is 0.0560. The molecule has 0 bridgehead atoms. The molecule has 0 saturated carbocycles. The number of aryl methyl sites for hydroxylation is 1. The Labute approximate surface area is 195 Å². The summed E-state index contributed by atoms with van der Waals surface area (Å²) in [6, 6.07) is 20.0. The number of esters is 1. The first-order valence-electron chi connectivity index (χ1n) is 9.96. The maximum Gasteiger partial charge on any atom is 0.343 e. The predicted octanol–water partition coefficient (Wildman–Crippen LogP) is 4.66. The van der Waals surface area contributed by atoms with Crippen LogP contribution in [0.5, 0.6) is 11.5 Å². The Morgan fingerprint density at radius 1 is 0.909 bits per heavy atom. The van der Waals surface area contributed by atoms with Crippen LogP contribution in [0.1, 0.15) is 15.9 Å². The molecule has 0 saturated heterocycles. The van der Waals surface area contributed by atoms with Crippen LogP contribution in [0.2, 0.25) is 0 Å². The predicted molar refractivity (Wildman–Crippen MR) is 125 cm³/mol. The summed E-state index contributed by atoms with van der Waals surface area (Å²) in [6.07, 6.45) is 0. The number of methoxy groups -OCH3 is 1. The molecule has 1 aliphatic rings. The van der Waals surface area contributed by atoms with E-state index in [1.165, 1.54) is 7.11 Å². The number of hydrogen-bond acceptors (Lipinski definition) is 6. The summed E-state index contributed by atoms with van der Waals surface area (Å²) in [5, 5.41) is 2.64. The first kappa shape index (κ1) is 22.1. The Balaban J connectivity index is 1.48.